The predicted octanol–water partition coefficient (Wildman–Crippen LogP) is 7.74. The first-order valence-corrected chi connectivity index (χ1v) is 13.8. The summed E-state index contributed by atoms with van der Waals surface area (Å²) in [5.74, 6) is 3.38. The zero-order valence-electron chi connectivity index (χ0n) is 22.1. The quantitative estimate of drug-likeness (QED) is 0.442. The summed E-state index contributed by atoms with van der Waals surface area (Å²) in [5, 5.41) is 11.0. The fourth-order valence-corrected chi connectivity index (χ4v) is 8.97. The van der Waals surface area contributed by atoms with Crippen molar-refractivity contribution in [1.82, 2.24) is 0 Å². The summed E-state index contributed by atoms with van der Waals surface area (Å²) in [6.45, 7) is 16.5. The number of aliphatic hydroxyl groups is 1. The lowest BCUT2D eigenvalue weighted by Crippen LogP contribution is -2.56. The normalized spacial score (nSPS) is 45.0. The molecule has 1 N–H and O–H groups in total. The van der Waals surface area contributed by atoms with Gasteiger partial charge in [-0.15, -0.1) is 0 Å². The summed E-state index contributed by atoms with van der Waals surface area (Å²) in [5.41, 5.74) is 1.45. The second-order valence-corrected chi connectivity index (χ2v) is 14.1. The van der Waals surface area contributed by atoms with Crippen LogP contribution in [-0.4, -0.2) is 16.5 Å². The van der Waals surface area contributed by atoms with Gasteiger partial charge in [0.05, 0.1) is 5.60 Å². The molecule has 2 nitrogen and oxygen atoms in total. The summed E-state index contributed by atoms with van der Waals surface area (Å²) in [6, 6.07) is 0. The maximum atomic E-state index is 13.9. The van der Waals surface area contributed by atoms with Crippen molar-refractivity contribution in [2.45, 2.75) is 125 Å². The first-order chi connectivity index (χ1) is 14.8. The summed E-state index contributed by atoms with van der Waals surface area (Å²) in [7, 11) is 0. The standard InChI is InChI=1S/C30H50O2/c1-8-30(32)17-16-28(6)21(18-30)11-12-22-24-14-13-23(20(2)10-9-15-27(3,4)5)29(24,7)19-25(31)26(22)28/h11,20,22-24,26,32H,8-10,12-19H2,1-7H3/t20-,22+,23-,24?,26?,28+,29-,30+/m1/s1. The molecule has 182 valence electrons. The average molecular weight is 443 g/mol. The molecule has 2 unspecified atom stereocenters. The molecule has 32 heavy (non-hydrogen) atoms. The highest BCUT2D eigenvalue weighted by atomic mass is 16.3. The third-order valence-electron chi connectivity index (χ3n) is 10.9. The molecule has 3 fully saturated rings. The van der Waals surface area contributed by atoms with Crippen LogP contribution in [0.15, 0.2) is 11.6 Å². The van der Waals surface area contributed by atoms with Gasteiger partial charge in [0.25, 0.3) is 0 Å². The number of allylic oxidation sites excluding steroid dienone is 1. The lowest BCUT2D eigenvalue weighted by atomic mass is 9.45. The van der Waals surface area contributed by atoms with E-state index in [9.17, 15) is 9.90 Å². The number of fused-ring (bicyclic) bond motifs is 5. The van der Waals surface area contributed by atoms with E-state index in [0.717, 1.165) is 44.4 Å². The Morgan fingerprint density at radius 3 is 2.53 bits per heavy atom. The Bertz CT molecular complexity index is 759. The van der Waals surface area contributed by atoms with Gasteiger partial charge in [0.2, 0.25) is 0 Å². The van der Waals surface area contributed by atoms with E-state index in [-0.39, 0.29) is 16.7 Å². The Labute approximate surface area is 198 Å². The van der Waals surface area contributed by atoms with Crippen molar-refractivity contribution in [3.05, 3.63) is 11.6 Å². The summed E-state index contributed by atoms with van der Waals surface area (Å²) in [4.78, 5) is 13.9. The third-order valence-corrected chi connectivity index (χ3v) is 10.9. The van der Waals surface area contributed by atoms with Crippen molar-refractivity contribution < 1.29 is 9.90 Å². The number of hydrogen-bond donors (Lipinski definition) is 1. The summed E-state index contributed by atoms with van der Waals surface area (Å²) in [6.07, 6.45) is 14.3. The number of rotatable bonds is 5. The SMILES string of the molecule is CC[C@]1(O)CC[C@@]2(C)C(=CC[C@@H]3C2C(=O)C[C@@]2(C)C3CC[C@@H]2[C@H](C)CCCC(C)(C)C)C1. The monoisotopic (exact) mass is 442 g/mol. The minimum atomic E-state index is -0.550. The Balaban J connectivity index is 1.53. The van der Waals surface area contributed by atoms with Crippen molar-refractivity contribution in [3.63, 3.8) is 0 Å². The minimum Gasteiger partial charge on any atom is -0.390 e. The van der Waals surface area contributed by atoms with Crippen LogP contribution in [-0.2, 0) is 4.79 Å². The Morgan fingerprint density at radius 2 is 1.88 bits per heavy atom. The summed E-state index contributed by atoms with van der Waals surface area (Å²) >= 11 is 0. The van der Waals surface area contributed by atoms with Crippen molar-refractivity contribution >= 4 is 5.78 Å². The van der Waals surface area contributed by atoms with E-state index in [1.54, 1.807) is 0 Å². The topological polar surface area (TPSA) is 37.3 Å². The smallest absolute Gasteiger partial charge is 0.137 e. The molecule has 0 radical (unpaired) electrons. The first kappa shape index (κ1) is 24.5. The minimum absolute atomic E-state index is 0.0147. The van der Waals surface area contributed by atoms with Crippen LogP contribution < -0.4 is 0 Å². The zero-order valence-corrected chi connectivity index (χ0v) is 22.1. The molecule has 0 aromatic carbocycles. The van der Waals surface area contributed by atoms with E-state index in [4.69, 9.17) is 0 Å². The predicted molar refractivity (Wildman–Crippen MR) is 133 cm³/mol. The lowest BCUT2D eigenvalue weighted by Gasteiger charge is -2.58. The van der Waals surface area contributed by atoms with Gasteiger partial charge in [-0.05, 0) is 91.3 Å². The maximum Gasteiger partial charge on any atom is 0.137 e. The van der Waals surface area contributed by atoms with Crippen LogP contribution in [0.5, 0.6) is 0 Å². The van der Waals surface area contributed by atoms with Crippen LogP contribution in [0, 0.1) is 45.8 Å². The zero-order chi connectivity index (χ0) is 23.5. The molecule has 3 saturated carbocycles. The van der Waals surface area contributed by atoms with Gasteiger partial charge in [0.15, 0.2) is 0 Å². The van der Waals surface area contributed by atoms with Crippen LogP contribution in [0.4, 0.5) is 0 Å². The Hall–Kier alpha value is -0.630. The van der Waals surface area contributed by atoms with E-state index in [2.05, 4.69) is 54.5 Å². The Morgan fingerprint density at radius 1 is 1.16 bits per heavy atom. The van der Waals surface area contributed by atoms with Gasteiger partial charge in [-0.2, -0.15) is 0 Å². The molecule has 0 aromatic heterocycles. The van der Waals surface area contributed by atoms with E-state index in [0.29, 0.717) is 29.0 Å². The van der Waals surface area contributed by atoms with Gasteiger partial charge in [-0.3, -0.25) is 4.79 Å². The van der Waals surface area contributed by atoms with E-state index in [1.165, 1.54) is 37.7 Å². The van der Waals surface area contributed by atoms with E-state index < -0.39 is 5.60 Å². The van der Waals surface area contributed by atoms with Crippen molar-refractivity contribution in [2.24, 2.45) is 45.8 Å². The molecule has 0 heterocycles. The molecule has 8 atom stereocenters. The van der Waals surface area contributed by atoms with Gasteiger partial charge in [0, 0.05) is 12.3 Å². The number of Topliss-reactive ketones (excluding diaryl/α,β-unsaturated/α-hetero) is 1. The van der Waals surface area contributed by atoms with Gasteiger partial charge >= 0.3 is 0 Å². The van der Waals surface area contributed by atoms with Crippen LogP contribution >= 0.6 is 0 Å². The van der Waals surface area contributed by atoms with Crippen LogP contribution in [0.1, 0.15) is 119 Å². The van der Waals surface area contributed by atoms with Gasteiger partial charge in [-0.25, -0.2) is 0 Å². The molecular weight excluding hydrogens is 392 g/mol. The molecule has 4 rings (SSSR count). The third kappa shape index (κ3) is 4.05. The lowest BCUT2D eigenvalue weighted by molar-refractivity contribution is -0.147. The van der Waals surface area contributed by atoms with E-state index in [1.807, 2.05) is 0 Å². The van der Waals surface area contributed by atoms with E-state index >= 15 is 0 Å². The number of hydrogen-bond acceptors (Lipinski definition) is 2. The molecule has 4 aliphatic carbocycles. The van der Waals surface area contributed by atoms with Gasteiger partial charge in [-0.1, -0.05) is 73.0 Å². The highest BCUT2D eigenvalue weighted by Crippen LogP contribution is 2.67. The van der Waals surface area contributed by atoms with Crippen LogP contribution in [0.2, 0.25) is 0 Å². The highest BCUT2D eigenvalue weighted by molar-refractivity contribution is 5.85. The molecule has 0 saturated heterocycles. The molecule has 4 aliphatic rings. The number of carbonyl (C=O) groups excluding carboxylic acids is 1. The second kappa shape index (κ2) is 8.24. The summed E-state index contributed by atoms with van der Waals surface area (Å²) < 4.78 is 0. The second-order valence-electron chi connectivity index (χ2n) is 14.1. The number of carbonyl (C=O) groups is 1. The number of ketones is 1. The van der Waals surface area contributed by atoms with Crippen molar-refractivity contribution in [1.29, 1.82) is 0 Å². The van der Waals surface area contributed by atoms with Crippen molar-refractivity contribution in [3.8, 4) is 0 Å². The largest absolute Gasteiger partial charge is 0.390 e. The Kier molecular flexibility index (Phi) is 6.31. The van der Waals surface area contributed by atoms with Crippen LogP contribution in [0.25, 0.3) is 0 Å². The molecule has 0 amide bonds. The van der Waals surface area contributed by atoms with Crippen LogP contribution in [0.3, 0.4) is 0 Å². The molecule has 0 spiro atoms. The van der Waals surface area contributed by atoms with Gasteiger partial charge in [0.1, 0.15) is 5.78 Å². The fraction of sp³-hybridized carbons (Fsp3) is 0.900. The average Bonchev–Trinajstić information content (AvgIpc) is 3.04. The first-order valence-electron chi connectivity index (χ1n) is 13.8. The molecule has 2 heteroatoms. The van der Waals surface area contributed by atoms with Gasteiger partial charge < -0.3 is 5.11 Å². The molecule has 0 aromatic rings. The fourth-order valence-electron chi connectivity index (χ4n) is 8.97. The highest BCUT2D eigenvalue weighted by Gasteiger charge is 2.62. The molecule has 0 aliphatic heterocycles. The molecule has 0 bridgehead atoms. The maximum absolute atomic E-state index is 13.9. The van der Waals surface area contributed by atoms with Crippen molar-refractivity contribution in [2.75, 3.05) is 0 Å². The molecular formula is C30H50O2.